The first kappa shape index (κ1) is 36.3. The van der Waals surface area contributed by atoms with Crippen LogP contribution in [-0.4, -0.2) is 73.2 Å². The summed E-state index contributed by atoms with van der Waals surface area (Å²) < 4.78 is 11.9. The van der Waals surface area contributed by atoms with Gasteiger partial charge in [0.05, 0.1) is 12.1 Å². The summed E-state index contributed by atoms with van der Waals surface area (Å²) in [4.78, 5) is 42.0. The number of amides is 3. The first-order valence-electron chi connectivity index (χ1n) is 15.1. The number of hydrogen-bond donors (Lipinski definition) is 3. The molecule has 43 heavy (non-hydrogen) atoms. The summed E-state index contributed by atoms with van der Waals surface area (Å²) in [5, 5.41) is 16.4. The number of carbonyl (C=O) groups excluding carboxylic acids is 3. The molecule has 9 nitrogen and oxygen atoms in total. The van der Waals surface area contributed by atoms with Gasteiger partial charge in [-0.1, -0.05) is 52.7 Å². The van der Waals surface area contributed by atoms with E-state index in [2.05, 4.69) is 50.4 Å². The van der Waals surface area contributed by atoms with Crippen LogP contribution in [0, 0.1) is 17.8 Å². The van der Waals surface area contributed by atoms with Crippen molar-refractivity contribution in [1.29, 1.82) is 0 Å². The van der Waals surface area contributed by atoms with E-state index in [1.807, 2.05) is 32.9 Å². The van der Waals surface area contributed by atoms with Crippen molar-refractivity contribution < 1.29 is 28.7 Å². The highest BCUT2D eigenvalue weighted by Crippen LogP contribution is 2.38. The number of terminal acetylenes is 1. The van der Waals surface area contributed by atoms with Gasteiger partial charge in [0.15, 0.2) is 8.32 Å². The highest BCUT2D eigenvalue weighted by atomic mass is 28.4. The molecular formula is C33H53N3O6Si. The Kier molecular flexibility index (Phi) is 11.7. The van der Waals surface area contributed by atoms with Crippen LogP contribution >= 0.6 is 0 Å². The van der Waals surface area contributed by atoms with E-state index >= 15 is 0 Å². The number of rotatable bonds is 10. The minimum atomic E-state index is -2.04. The monoisotopic (exact) mass is 615 g/mol. The molecule has 1 aliphatic rings. The summed E-state index contributed by atoms with van der Waals surface area (Å²) in [5.41, 5.74) is 0.0559. The molecule has 4 atom stereocenters. The molecule has 2 rings (SSSR count). The van der Waals surface area contributed by atoms with Crippen molar-refractivity contribution in [3.05, 3.63) is 35.4 Å². The molecule has 1 saturated heterocycles. The van der Waals surface area contributed by atoms with Gasteiger partial charge in [0.25, 0.3) is 0 Å². The number of hydrogen-bond acceptors (Lipinski definition) is 6. The third kappa shape index (κ3) is 10.1. The van der Waals surface area contributed by atoms with Gasteiger partial charge in [-0.2, -0.15) is 0 Å². The fraction of sp³-hybridized carbons (Fsp3) is 0.667. The van der Waals surface area contributed by atoms with Crippen LogP contribution in [0.4, 0.5) is 4.79 Å². The quantitative estimate of drug-likeness (QED) is 0.248. The van der Waals surface area contributed by atoms with Gasteiger partial charge in [0.2, 0.25) is 11.8 Å². The van der Waals surface area contributed by atoms with E-state index < -0.39 is 49.5 Å². The summed E-state index contributed by atoms with van der Waals surface area (Å²) in [6, 6.07) is 5.02. The highest BCUT2D eigenvalue weighted by Gasteiger charge is 2.47. The molecule has 1 fully saturated rings. The number of benzene rings is 1. The lowest BCUT2D eigenvalue weighted by atomic mass is 9.80. The van der Waals surface area contributed by atoms with Crippen molar-refractivity contribution in [2.45, 2.75) is 123 Å². The fourth-order valence-electron chi connectivity index (χ4n) is 4.68. The van der Waals surface area contributed by atoms with Crippen LogP contribution in [0.5, 0.6) is 0 Å². The number of aliphatic hydroxyl groups is 1. The molecule has 0 aliphatic carbocycles. The molecule has 240 valence electrons. The molecule has 1 aromatic carbocycles. The smallest absolute Gasteiger partial charge is 0.408 e. The summed E-state index contributed by atoms with van der Waals surface area (Å²) in [6.07, 6.45) is 4.42. The van der Waals surface area contributed by atoms with Crippen molar-refractivity contribution in [2.75, 3.05) is 13.2 Å². The van der Waals surface area contributed by atoms with E-state index in [-0.39, 0.29) is 30.0 Å². The van der Waals surface area contributed by atoms with Crippen LogP contribution in [0.15, 0.2) is 24.3 Å². The zero-order chi connectivity index (χ0) is 33.0. The Morgan fingerprint density at radius 1 is 1.07 bits per heavy atom. The van der Waals surface area contributed by atoms with Crippen LogP contribution in [0.3, 0.4) is 0 Å². The van der Waals surface area contributed by atoms with Crippen LogP contribution < -0.4 is 10.6 Å². The number of β-amino-alcohol motifs (C(OH)–C–C–N with tert-alkyl or cyclic N) is 1. The average Bonchev–Trinajstić information content (AvgIpc) is 3.26. The van der Waals surface area contributed by atoms with Crippen LogP contribution in [-0.2, 0) is 18.8 Å². The summed E-state index contributed by atoms with van der Waals surface area (Å²) >= 11 is 0. The number of ether oxygens (including phenoxy) is 1. The zero-order valence-electron chi connectivity index (χ0n) is 28.0. The summed E-state index contributed by atoms with van der Waals surface area (Å²) in [7, 11) is -2.04. The van der Waals surface area contributed by atoms with Crippen LogP contribution in [0.2, 0.25) is 18.1 Å². The van der Waals surface area contributed by atoms with Gasteiger partial charge in [-0.15, -0.1) is 6.42 Å². The topological polar surface area (TPSA) is 117 Å². The van der Waals surface area contributed by atoms with Crippen molar-refractivity contribution in [2.24, 2.45) is 5.41 Å². The maximum Gasteiger partial charge on any atom is 0.408 e. The average molecular weight is 616 g/mol. The Hall–Kier alpha value is -2.87. The predicted molar refractivity (Wildman–Crippen MR) is 172 cm³/mol. The van der Waals surface area contributed by atoms with Gasteiger partial charge in [-0.3, -0.25) is 9.59 Å². The third-order valence-electron chi connectivity index (χ3n) is 8.51. The van der Waals surface area contributed by atoms with Crippen molar-refractivity contribution in [3.8, 4) is 12.3 Å². The van der Waals surface area contributed by atoms with E-state index in [1.165, 1.54) is 4.90 Å². The standard InChI is InChI=1S/C33H53N3O6Si/c1-13-23-14-16-24(17-15-23)22(2)34-28(38)26-20-25(37)21-36(26)29(39)27(35-30(40)42-31(3,4)5)33(9,10)18-19-41-43(11,12)32(6,7)8/h1,14-17,22,25-27,37H,18-21H2,2-12H3,(H,34,38)(H,35,40)/t22-,25+,26-,27?/m0/s1. The molecule has 3 N–H and O–H groups in total. The number of carbonyl (C=O) groups is 3. The summed E-state index contributed by atoms with van der Waals surface area (Å²) in [5.74, 6) is 1.74. The molecule has 0 aromatic heterocycles. The first-order chi connectivity index (χ1) is 19.6. The second kappa shape index (κ2) is 13.8. The number of likely N-dealkylation sites (tertiary alicyclic amines) is 1. The van der Waals surface area contributed by atoms with E-state index in [1.54, 1.807) is 32.9 Å². The predicted octanol–water partition coefficient (Wildman–Crippen LogP) is 5.14. The largest absolute Gasteiger partial charge is 0.444 e. The molecule has 1 aromatic rings. The molecule has 1 unspecified atom stereocenters. The second-order valence-corrected chi connectivity index (χ2v) is 19.6. The Bertz CT molecular complexity index is 1180. The first-order valence-corrected chi connectivity index (χ1v) is 18.0. The van der Waals surface area contributed by atoms with Gasteiger partial charge >= 0.3 is 6.09 Å². The van der Waals surface area contributed by atoms with Crippen LogP contribution in [0.25, 0.3) is 0 Å². The molecule has 10 heteroatoms. The number of alkyl carbamates (subject to hydrolysis) is 1. The maximum atomic E-state index is 14.2. The molecule has 0 bridgehead atoms. The second-order valence-electron chi connectivity index (χ2n) is 14.8. The fourth-order valence-corrected chi connectivity index (χ4v) is 5.72. The molecule has 3 amide bonds. The normalized spacial score (nSPS) is 19.3. The van der Waals surface area contributed by atoms with Crippen molar-refractivity contribution in [3.63, 3.8) is 0 Å². The van der Waals surface area contributed by atoms with Crippen molar-refractivity contribution >= 4 is 26.2 Å². The molecule has 0 spiro atoms. The van der Waals surface area contributed by atoms with E-state index in [9.17, 15) is 19.5 Å². The van der Waals surface area contributed by atoms with E-state index in [4.69, 9.17) is 15.6 Å². The lowest BCUT2D eigenvalue weighted by Gasteiger charge is -2.40. The Morgan fingerprint density at radius 2 is 1.65 bits per heavy atom. The van der Waals surface area contributed by atoms with E-state index in [0.29, 0.717) is 13.0 Å². The number of nitrogens with zero attached hydrogens (tertiary/aromatic N) is 1. The minimum Gasteiger partial charge on any atom is -0.444 e. The maximum absolute atomic E-state index is 14.2. The Morgan fingerprint density at radius 3 is 2.16 bits per heavy atom. The highest BCUT2D eigenvalue weighted by molar-refractivity contribution is 6.74. The van der Waals surface area contributed by atoms with E-state index in [0.717, 1.165) is 11.1 Å². The van der Waals surface area contributed by atoms with Crippen LogP contribution in [0.1, 0.15) is 92.3 Å². The molecule has 1 aliphatic heterocycles. The zero-order valence-corrected chi connectivity index (χ0v) is 29.0. The minimum absolute atomic E-state index is 0.0217. The van der Waals surface area contributed by atoms with Gasteiger partial charge < -0.3 is 29.8 Å². The molecular weight excluding hydrogens is 562 g/mol. The lowest BCUT2D eigenvalue weighted by molar-refractivity contribution is -0.142. The number of nitrogens with one attached hydrogen (secondary N) is 2. The Balaban J connectivity index is 2.30. The van der Waals surface area contributed by atoms with Gasteiger partial charge in [-0.25, -0.2) is 4.79 Å². The molecule has 1 heterocycles. The molecule has 0 saturated carbocycles. The summed E-state index contributed by atoms with van der Waals surface area (Å²) in [6.45, 7) is 22.1. The Labute approximate surface area is 259 Å². The number of aliphatic hydroxyl groups excluding tert-OH is 1. The van der Waals surface area contributed by atoms with Crippen molar-refractivity contribution in [1.82, 2.24) is 15.5 Å². The van der Waals surface area contributed by atoms with Gasteiger partial charge in [-0.05, 0) is 75.4 Å². The molecule has 0 radical (unpaired) electrons. The van der Waals surface area contributed by atoms with Gasteiger partial charge in [0, 0.05) is 25.1 Å². The lowest BCUT2D eigenvalue weighted by Crippen LogP contribution is -2.59. The van der Waals surface area contributed by atoms with Gasteiger partial charge in [0.1, 0.15) is 17.7 Å². The SMILES string of the molecule is C#Cc1ccc([C@H](C)NC(=O)[C@@H]2C[C@@H](O)CN2C(=O)C(NC(=O)OC(C)(C)C)C(C)(C)CCO[Si](C)(C)C(C)(C)C)cc1. The third-order valence-corrected chi connectivity index (χ3v) is 13.0.